The molecule has 0 aliphatic carbocycles. The van der Waals surface area contributed by atoms with Crippen LogP contribution in [0.25, 0.3) is 6.08 Å². The standard InChI is InChI=1S/C10H9BrF2S/c11-7-5-9(12)8(10(13)6-7)3-1-2-4-14/h1,3,5-6,14H,2,4H2. The van der Waals surface area contributed by atoms with Gasteiger partial charge < -0.3 is 0 Å². The van der Waals surface area contributed by atoms with Gasteiger partial charge in [0.25, 0.3) is 0 Å². The van der Waals surface area contributed by atoms with Crippen molar-refractivity contribution in [1.82, 2.24) is 0 Å². The molecule has 1 aromatic rings. The number of rotatable bonds is 3. The van der Waals surface area contributed by atoms with E-state index in [4.69, 9.17) is 0 Å². The van der Waals surface area contributed by atoms with Crippen LogP contribution >= 0.6 is 28.6 Å². The van der Waals surface area contributed by atoms with Crippen LogP contribution in [0.15, 0.2) is 22.7 Å². The van der Waals surface area contributed by atoms with Gasteiger partial charge in [0, 0.05) is 10.0 Å². The lowest BCUT2D eigenvalue weighted by atomic mass is 10.2. The van der Waals surface area contributed by atoms with Crippen molar-refractivity contribution in [3.05, 3.63) is 39.9 Å². The first-order valence-electron chi connectivity index (χ1n) is 4.07. The average molecular weight is 279 g/mol. The maximum Gasteiger partial charge on any atom is 0.134 e. The Hall–Kier alpha value is -0.350. The highest BCUT2D eigenvalue weighted by atomic mass is 79.9. The van der Waals surface area contributed by atoms with Crippen LogP contribution in [0, 0.1) is 11.6 Å². The summed E-state index contributed by atoms with van der Waals surface area (Å²) < 4.78 is 26.8. The molecule has 0 amide bonds. The van der Waals surface area contributed by atoms with Crippen LogP contribution in [-0.4, -0.2) is 5.75 Å². The number of thiol groups is 1. The van der Waals surface area contributed by atoms with Crippen LogP contribution in [0.2, 0.25) is 0 Å². The molecule has 0 saturated heterocycles. The molecule has 0 atom stereocenters. The Morgan fingerprint density at radius 2 is 1.86 bits per heavy atom. The fraction of sp³-hybridized carbons (Fsp3) is 0.200. The molecule has 0 heterocycles. The SMILES string of the molecule is Fc1cc(Br)cc(F)c1C=CCCS. The fourth-order valence-corrected chi connectivity index (χ4v) is 1.54. The molecule has 0 aromatic heterocycles. The van der Waals surface area contributed by atoms with Crippen LogP contribution in [0.5, 0.6) is 0 Å². The van der Waals surface area contributed by atoms with E-state index in [1.807, 2.05) is 0 Å². The second kappa shape index (κ2) is 5.51. The Morgan fingerprint density at radius 3 is 2.36 bits per heavy atom. The lowest BCUT2D eigenvalue weighted by Gasteiger charge is -2.00. The van der Waals surface area contributed by atoms with Gasteiger partial charge in [-0.15, -0.1) is 0 Å². The zero-order valence-corrected chi connectivity index (χ0v) is 9.79. The van der Waals surface area contributed by atoms with Crippen LogP contribution in [0.3, 0.4) is 0 Å². The van der Waals surface area contributed by atoms with E-state index < -0.39 is 11.6 Å². The Morgan fingerprint density at radius 1 is 1.29 bits per heavy atom. The highest BCUT2D eigenvalue weighted by Gasteiger charge is 2.06. The number of hydrogen-bond acceptors (Lipinski definition) is 1. The van der Waals surface area contributed by atoms with Gasteiger partial charge in [0.15, 0.2) is 0 Å². The summed E-state index contributed by atoms with van der Waals surface area (Å²) in [6.07, 6.45) is 3.83. The summed E-state index contributed by atoms with van der Waals surface area (Å²) in [5, 5.41) is 0. The van der Waals surface area contributed by atoms with Gasteiger partial charge in [0.05, 0.1) is 0 Å². The van der Waals surface area contributed by atoms with E-state index in [2.05, 4.69) is 28.6 Å². The lowest BCUT2D eigenvalue weighted by Crippen LogP contribution is -1.88. The second-order valence-electron chi connectivity index (χ2n) is 2.70. The van der Waals surface area contributed by atoms with Crippen molar-refractivity contribution in [2.75, 3.05) is 5.75 Å². The molecule has 0 fully saturated rings. The summed E-state index contributed by atoms with van der Waals surface area (Å²) in [6, 6.07) is 2.48. The van der Waals surface area contributed by atoms with E-state index in [1.54, 1.807) is 6.08 Å². The van der Waals surface area contributed by atoms with Crippen molar-refractivity contribution in [3.63, 3.8) is 0 Å². The molecule has 76 valence electrons. The van der Waals surface area contributed by atoms with E-state index in [-0.39, 0.29) is 5.56 Å². The predicted molar refractivity (Wildman–Crippen MR) is 61.6 cm³/mol. The van der Waals surface area contributed by atoms with E-state index >= 15 is 0 Å². The van der Waals surface area contributed by atoms with Crippen LogP contribution in [-0.2, 0) is 0 Å². The Labute approximate surface area is 95.6 Å². The topological polar surface area (TPSA) is 0 Å². The molecule has 0 radical (unpaired) electrons. The molecule has 0 spiro atoms. The normalized spacial score (nSPS) is 11.1. The first-order chi connectivity index (χ1) is 6.65. The van der Waals surface area contributed by atoms with Gasteiger partial charge in [-0.3, -0.25) is 0 Å². The molecule has 14 heavy (non-hydrogen) atoms. The number of benzene rings is 1. The summed E-state index contributed by atoms with van der Waals surface area (Å²) in [7, 11) is 0. The number of halogens is 3. The average Bonchev–Trinajstić information content (AvgIpc) is 2.09. The monoisotopic (exact) mass is 278 g/mol. The van der Waals surface area contributed by atoms with Crippen molar-refractivity contribution in [3.8, 4) is 0 Å². The quantitative estimate of drug-likeness (QED) is 0.792. The molecule has 1 aromatic carbocycles. The molecule has 0 nitrogen and oxygen atoms in total. The maximum absolute atomic E-state index is 13.2. The van der Waals surface area contributed by atoms with E-state index in [1.165, 1.54) is 18.2 Å². The van der Waals surface area contributed by atoms with Crippen molar-refractivity contribution in [2.45, 2.75) is 6.42 Å². The van der Waals surface area contributed by atoms with Crippen molar-refractivity contribution in [1.29, 1.82) is 0 Å². The molecule has 0 aliphatic rings. The van der Waals surface area contributed by atoms with Crippen LogP contribution in [0.1, 0.15) is 12.0 Å². The van der Waals surface area contributed by atoms with Gasteiger partial charge >= 0.3 is 0 Å². The minimum absolute atomic E-state index is 0.00465. The highest BCUT2D eigenvalue weighted by Crippen LogP contribution is 2.20. The molecule has 0 unspecified atom stereocenters. The first-order valence-corrected chi connectivity index (χ1v) is 5.49. The molecule has 0 bridgehead atoms. The van der Waals surface area contributed by atoms with E-state index in [0.29, 0.717) is 16.6 Å². The van der Waals surface area contributed by atoms with E-state index in [9.17, 15) is 8.78 Å². The molecule has 0 N–H and O–H groups in total. The molecular weight excluding hydrogens is 270 g/mol. The van der Waals surface area contributed by atoms with Gasteiger partial charge in [-0.2, -0.15) is 12.6 Å². The van der Waals surface area contributed by atoms with Gasteiger partial charge in [0.1, 0.15) is 11.6 Å². The largest absolute Gasteiger partial charge is 0.206 e. The summed E-state index contributed by atoms with van der Waals surface area (Å²) in [5.41, 5.74) is -0.00465. The zero-order chi connectivity index (χ0) is 10.6. The minimum Gasteiger partial charge on any atom is -0.206 e. The Bertz CT molecular complexity index is 327. The maximum atomic E-state index is 13.2. The Kier molecular flexibility index (Phi) is 4.62. The molecule has 1 rings (SSSR count). The minimum atomic E-state index is -0.563. The molecular formula is C10H9BrF2S. The third kappa shape index (κ3) is 3.10. The lowest BCUT2D eigenvalue weighted by molar-refractivity contribution is 0.577. The molecule has 4 heteroatoms. The second-order valence-corrected chi connectivity index (χ2v) is 4.06. The van der Waals surface area contributed by atoms with Crippen molar-refractivity contribution in [2.24, 2.45) is 0 Å². The van der Waals surface area contributed by atoms with Crippen molar-refractivity contribution >= 4 is 34.6 Å². The number of hydrogen-bond donors (Lipinski definition) is 1. The van der Waals surface area contributed by atoms with E-state index in [0.717, 1.165) is 0 Å². The number of allylic oxidation sites excluding steroid dienone is 1. The fourth-order valence-electron chi connectivity index (χ4n) is 0.988. The van der Waals surface area contributed by atoms with Crippen LogP contribution in [0.4, 0.5) is 8.78 Å². The predicted octanol–water partition coefficient (Wildman–Crippen LogP) is 4.06. The first kappa shape index (κ1) is 11.7. The summed E-state index contributed by atoms with van der Waals surface area (Å²) >= 11 is 7.00. The third-order valence-corrected chi connectivity index (χ3v) is 2.34. The van der Waals surface area contributed by atoms with Gasteiger partial charge in [-0.1, -0.05) is 28.1 Å². The highest BCUT2D eigenvalue weighted by molar-refractivity contribution is 9.10. The summed E-state index contributed by atoms with van der Waals surface area (Å²) in [4.78, 5) is 0. The van der Waals surface area contributed by atoms with Gasteiger partial charge in [-0.25, -0.2) is 8.78 Å². The molecule has 0 saturated carbocycles. The summed E-state index contributed by atoms with van der Waals surface area (Å²) in [6.45, 7) is 0. The zero-order valence-electron chi connectivity index (χ0n) is 7.30. The Balaban J connectivity index is 2.96. The van der Waals surface area contributed by atoms with Gasteiger partial charge in [0.2, 0.25) is 0 Å². The van der Waals surface area contributed by atoms with Crippen LogP contribution < -0.4 is 0 Å². The smallest absolute Gasteiger partial charge is 0.134 e. The van der Waals surface area contributed by atoms with Gasteiger partial charge in [-0.05, 0) is 24.3 Å². The third-order valence-electron chi connectivity index (χ3n) is 1.62. The molecule has 0 aliphatic heterocycles. The van der Waals surface area contributed by atoms with Crippen molar-refractivity contribution < 1.29 is 8.78 Å². The summed E-state index contributed by atoms with van der Waals surface area (Å²) in [5.74, 6) is -0.462.